The van der Waals surface area contributed by atoms with Crippen LogP contribution in [0.5, 0.6) is 17.2 Å². The number of methoxy groups -OCH3 is 2. The fraction of sp³-hybridized carbons (Fsp3) is 0.241. The Labute approximate surface area is 215 Å². The second-order valence-electron chi connectivity index (χ2n) is 8.75. The molecule has 8 nitrogen and oxygen atoms in total. The number of rotatable bonds is 10. The molecular weight excluding hydrogens is 472 g/mol. The number of hydrogen-bond acceptors (Lipinski definition) is 7. The summed E-state index contributed by atoms with van der Waals surface area (Å²) in [6.45, 7) is 2.31. The molecule has 1 aromatic heterocycles. The average Bonchev–Trinajstić information content (AvgIpc) is 2.93. The van der Waals surface area contributed by atoms with Crippen LogP contribution in [-0.2, 0) is 17.8 Å². The lowest BCUT2D eigenvalue weighted by molar-refractivity contribution is -0.137. The first kappa shape index (κ1) is 25.9. The van der Waals surface area contributed by atoms with E-state index in [1.807, 2.05) is 37.3 Å². The second kappa shape index (κ2) is 11.7. The van der Waals surface area contributed by atoms with Crippen LogP contribution in [0.3, 0.4) is 0 Å². The maximum absolute atomic E-state index is 12.5. The van der Waals surface area contributed by atoms with Crippen LogP contribution in [0.2, 0.25) is 0 Å². The van der Waals surface area contributed by atoms with Crippen molar-refractivity contribution in [3.63, 3.8) is 0 Å². The molecule has 4 rings (SSSR count). The van der Waals surface area contributed by atoms with E-state index >= 15 is 0 Å². The predicted octanol–water partition coefficient (Wildman–Crippen LogP) is 4.54. The Balaban J connectivity index is 1.50. The third-order valence-corrected chi connectivity index (χ3v) is 6.24. The van der Waals surface area contributed by atoms with E-state index in [0.717, 1.165) is 22.2 Å². The van der Waals surface area contributed by atoms with Gasteiger partial charge in [-0.25, -0.2) is 5.48 Å². The summed E-state index contributed by atoms with van der Waals surface area (Å²) >= 11 is 0. The third kappa shape index (κ3) is 6.17. The van der Waals surface area contributed by atoms with Crippen molar-refractivity contribution < 1.29 is 29.3 Å². The molecule has 2 unspecified atom stereocenters. The molecule has 0 bridgehead atoms. The van der Waals surface area contributed by atoms with E-state index in [-0.39, 0.29) is 6.42 Å². The van der Waals surface area contributed by atoms with Crippen molar-refractivity contribution in [1.29, 1.82) is 0 Å². The molecular formula is C29H30N2O6. The lowest BCUT2D eigenvalue weighted by atomic mass is 9.89. The van der Waals surface area contributed by atoms with Gasteiger partial charge in [0.2, 0.25) is 5.91 Å². The van der Waals surface area contributed by atoms with Crippen LogP contribution in [0.15, 0.2) is 72.8 Å². The van der Waals surface area contributed by atoms with Crippen molar-refractivity contribution in [3.8, 4) is 17.2 Å². The number of nitrogens with zero attached hydrogens (tertiary/aromatic N) is 1. The van der Waals surface area contributed by atoms with Crippen LogP contribution >= 0.6 is 0 Å². The number of hydroxylamine groups is 1. The van der Waals surface area contributed by atoms with E-state index in [9.17, 15) is 15.1 Å². The lowest BCUT2D eigenvalue weighted by Crippen LogP contribution is -2.33. The molecule has 1 heterocycles. The molecule has 0 aliphatic rings. The number of pyridine rings is 1. The van der Waals surface area contributed by atoms with Gasteiger partial charge < -0.3 is 19.3 Å². The van der Waals surface area contributed by atoms with Crippen LogP contribution in [0, 0.1) is 12.8 Å². The highest BCUT2D eigenvalue weighted by Gasteiger charge is 2.29. The van der Waals surface area contributed by atoms with Crippen molar-refractivity contribution in [3.05, 3.63) is 95.2 Å². The molecule has 3 N–H and O–H groups in total. The molecule has 0 fully saturated rings. The highest BCUT2D eigenvalue weighted by atomic mass is 16.5. The Kier molecular flexibility index (Phi) is 8.22. The quantitative estimate of drug-likeness (QED) is 0.216. The molecule has 8 heteroatoms. The SMILES string of the molecule is COc1cc(CC(C(=O)NO)C(O)c2ccc(OCc3cc(C)nc4ccccc34)cc2)cc(OC)c1. The highest BCUT2D eigenvalue weighted by Crippen LogP contribution is 2.31. The molecule has 0 saturated carbocycles. The fourth-order valence-corrected chi connectivity index (χ4v) is 4.34. The summed E-state index contributed by atoms with van der Waals surface area (Å²) < 4.78 is 16.6. The maximum Gasteiger partial charge on any atom is 0.249 e. The first-order valence-electron chi connectivity index (χ1n) is 11.8. The number of hydrogen-bond donors (Lipinski definition) is 3. The van der Waals surface area contributed by atoms with E-state index < -0.39 is 17.9 Å². The predicted molar refractivity (Wildman–Crippen MR) is 139 cm³/mol. The minimum Gasteiger partial charge on any atom is -0.497 e. The van der Waals surface area contributed by atoms with Gasteiger partial charge in [0.1, 0.15) is 23.9 Å². The molecule has 0 radical (unpaired) electrons. The molecule has 192 valence electrons. The second-order valence-corrected chi connectivity index (χ2v) is 8.75. The first-order chi connectivity index (χ1) is 17.9. The van der Waals surface area contributed by atoms with E-state index in [1.165, 1.54) is 14.2 Å². The number of aliphatic hydroxyl groups is 1. The van der Waals surface area contributed by atoms with Gasteiger partial charge in [0, 0.05) is 22.7 Å². The van der Waals surface area contributed by atoms with E-state index in [2.05, 4.69) is 4.98 Å². The number of aromatic nitrogens is 1. The van der Waals surface area contributed by atoms with Gasteiger partial charge in [-0.15, -0.1) is 0 Å². The number of aliphatic hydroxyl groups excluding tert-OH is 1. The zero-order valence-corrected chi connectivity index (χ0v) is 21.0. The molecule has 37 heavy (non-hydrogen) atoms. The van der Waals surface area contributed by atoms with Crippen molar-refractivity contribution in [2.24, 2.45) is 5.92 Å². The van der Waals surface area contributed by atoms with Gasteiger partial charge in [0.15, 0.2) is 0 Å². The van der Waals surface area contributed by atoms with Gasteiger partial charge in [0.05, 0.1) is 31.8 Å². The standard InChI is InChI=1S/C29H30N2O6/c1-18-12-21(25-6-4-5-7-27(25)30-18)17-37-22-10-8-20(9-11-22)28(32)26(29(33)31-34)15-19-13-23(35-2)16-24(14-19)36-3/h4-14,16,26,28,32,34H,15,17H2,1-3H3,(H,31,33). The van der Waals surface area contributed by atoms with Crippen LogP contribution in [0.1, 0.15) is 28.5 Å². The Morgan fingerprint density at radius 3 is 2.27 bits per heavy atom. The number of amides is 1. The summed E-state index contributed by atoms with van der Waals surface area (Å²) in [7, 11) is 3.07. The van der Waals surface area contributed by atoms with Crippen LogP contribution < -0.4 is 19.7 Å². The van der Waals surface area contributed by atoms with E-state index in [4.69, 9.17) is 14.2 Å². The van der Waals surface area contributed by atoms with Gasteiger partial charge in [-0.05, 0) is 60.9 Å². The minimum atomic E-state index is -1.18. The van der Waals surface area contributed by atoms with Gasteiger partial charge in [0.25, 0.3) is 0 Å². The molecule has 2 atom stereocenters. The highest BCUT2D eigenvalue weighted by molar-refractivity contribution is 5.82. The number of aryl methyl sites for hydroxylation is 1. The molecule has 0 aliphatic carbocycles. The minimum absolute atomic E-state index is 0.147. The number of carbonyl (C=O) groups is 1. The Hall–Kier alpha value is -4.14. The molecule has 0 aliphatic heterocycles. The summed E-state index contributed by atoms with van der Waals surface area (Å²) in [4.78, 5) is 17.0. The van der Waals surface area contributed by atoms with Gasteiger partial charge in [-0.3, -0.25) is 15.0 Å². The van der Waals surface area contributed by atoms with Crippen molar-refractivity contribution >= 4 is 16.8 Å². The summed E-state index contributed by atoms with van der Waals surface area (Å²) in [5.74, 6) is 0.0841. The maximum atomic E-state index is 12.5. The Morgan fingerprint density at radius 1 is 0.946 bits per heavy atom. The number of fused-ring (bicyclic) bond motifs is 1. The fourth-order valence-electron chi connectivity index (χ4n) is 4.34. The van der Waals surface area contributed by atoms with Crippen molar-refractivity contribution in [2.75, 3.05) is 14.2 Å². The largest absolute Gasteiger partial charge is 0.497 e. The van der Waals surface area contributed by atoms with Crippen molar-refractivity contribution in [2.45, 2.75) is 26.1 Å². The van der Waals surface area contributed by atoms with Gasteiger partial charge in [-0.1, -0.05) is 30.3 Å². The first-order valence-corrected chi connectivity index (χ1v) is 11.8. The summed E-state index contributed by atoms with van der Waals surface area (Å²) in [5, 5.41) is 21.4. The molecule has 0 spiro atoms. The van der Waals surface area contributed by atoms with Crippen LogP contribution in [-0.4, -0.2) is 35.4 Å². The van der Waals surface area contributed by atoms with Crippen LogP contribution in [0.4, 0.5) is 0 Å². The Bertz CT molecular complexity index is 1350. The molecule has 0 saturated heterocycles. The molecule has 3 aromatic carbocycles. The number of ether oxygens (including phenoxy) is 3. The summed E-state index contributed by atoms with van der Waals surface area (Å²) in [6, 6.07) is 22.1. The van der Waals surface area contributed by atoms with E-state index in [0.29, 0.717) is 35.0 Å². The normalized spacial score (nSPS) is 12.6. The lowest BCUT2D eigenvalue weighted by Gasteiger charge is -2.22. The molecule has 1 amide bonds. The van der Waals surface area contributed by atoms with Crippen molar-refractivity contribution in [1.82, 2.24) is 10.5 Å². The average molecular weight is 503 g/mol. The van der Waals surface area contributed by atoms with E-state index in [1.54, 1.807) is 47.9 Å². The molecule has 4 aromatic rings. The monoisotopic (exact) mass is 502 g/mol. The van der Waals surface area contributed by atoms with Gasteiger partial charge in [-0.2, -0.15) is 0 Å². The summed E-state index contributed by atoms with van der Waals surface area (Å²) in [5.41, 5.74) is 5.76. The topological polar surface area (TPSA) is 110 Å². The summed E-state index contributed by atoms with van der Waals surface area (Å²) in [6.07, 6.45) is -1.03. The number of nitrogens with one attached hydrogen (secondary N) is 1. The van der Waals surface area contributed by atoms with Gasteiger partial charge >= 0.3 is 0 Å². The van der Waals surface area contributed by atoms with Crippen LogP contribution in [0.25, 0.3) is 10.9 Å². The number of para-hydroxylation sites is 1. The number of carbonyl (C=O) groups excluding carboxylic acids is 1. The zero-order valence-electron chi connectivity index (χ0n) is 21.0. The number of benzene rings is 3. The Morgan fingerprint density at radius 2 is 1.62 bits per heavy atom. The third-order valence-electron chi connectivity index (χ3n) is 6.24. The zero-order chi connectivity index (χ0) is 26.4. The smallest absolute Gasteiger partial charge is 0.249 e.